The number of nitrogens with two attached hydrogens (primary N) is 1. The van der Waals surface area contributed by atoms with Gasteiger partial charge in [0.1, 0.15) is 0 Å². The van der Waals surface area contributed by atoms with Crippen LogP contribution in [-0.4, -0.2) is 11.6 Å². The molecule has 6 aliphatic rings. The number of nitrogens with zero attached hydrogens (tertiary/aromatic N) is 3. The fourth-order valence-electron chi connectivity index (χ4n) is 8.27. The Labute approximate surface area is 232 Å². The molecule has 0 spiro atoms. The summed E-state index contributed by atoms with van der Waals surface area (Å²) < 4.78 is 0. The molecule has 0 amide bonds. The van der Waals surface area contributed by atoms with Crippen molar-refractivity contribution in [1.29, 1.82) is 0 Å². The first kappa shape index (κ1) is 24.4. The maximum absolute atomic E-state index is 5.53. The molecule has 0 aromatic heterocycles. The average Bonchev–Trinajstić information content (AvgIpc) is 3.75. The molecule has 1 saturated heterocycles. The van der Waals surface area contributed by atoms with Crippen molar-refractivity contribution in [3.8, 4) is 0 Å². The Balaban J connectivity index is 1.27. The smallest absolute Gasteiger partial charge is 0.0915 e. The van der Waals surface area contributed by atoms with Crippen LogP contribution in [0.25, 0.3) is 0 Å². The minimum absolute atomic E-state index is 0.0786. The molecule has 1 aromatic rings. The number of benzene rings is 1. The second-order valence-electron chi connectivity index (χ2n) is 12.8. The van der Waals surface area contributed by atoms with Gasteiger partial charge < -0.3 is 10.7 Å². The zero-order chi connectivity index (χ0) is 27.1. The van der Waals surface area contributed by atoms with Crippen LogP contribution in [0.5, 0.6) is 0 Å². The molecule has 4 heteroatoms. The van der Waals surface area contributed by atoms with Gasteiger partial charge in [0.25, 0.3) is 0 Å². The van der Waals surface area contributed by atoms with Gasteiger partial charge in [-0.15, -0.1) is 5.11 Å². The average molecular weight is 515 g/mol. The van der Waals surface area contributed by atoms with E-state index in [-0.39, 0.29) is 16.9 Å². The van der Waals surface area contributed by atoms with E-state index in [0.29, 0.717) is 12.0 Å². The number of hydrogen-bond acceptors (Lipinski definition) is 3. The molecule has 1 heterocycles. The predicted octanol–water partition coefficient (Wildman–Crippen LogP) is 8.24. The van der Waals surface area contributed by atoms with Gasteiger partial charge in [0.15, 0.2) is 0 Å². The Hall–Kier alpha value is -3.66. The quantitative estimate of drug-likeness (QED) is 0.180. The van der Waals surface area contributed by atoms with Crippen molar-refractivity contribution in [3.05, 3.63) is 123 Å². The van der Waals surface area contributed by atoms with Crippen molar-refractivity contribution in [2.24, 2.45) is 33.4 Å². The molecule has 2 N–H and O–H groups in total. The highest BCUT2D eigenvalue weighted by Gasteiger charge is 2.65. The van der Waals surface area contributed by atoms with E-state index in [1.807, 2.05) is 0 Å². The summed E-state index contributed by atoms with van der Waals surface area (Å²) in [6.45, 7) is 11.8. The highest BCUT2D eigenvalue weighted by Crippen LogP contribution is 2.62. The molecule has 0 radical (unpaired) electrons. The molecule has 198 valence electrons. The van der Waals surface area contributed by atoms with Crippen LogP contribution in [0.15, 0.2) is 133 Å². The molecule has 1 aliphatic heterocycles. The SMILES string of the molecule is CC1=CC2=CC(CCC3N(c4ccccc4)C(C)(C4=CC4)C3(C)C)=C3C=C(C)C=C4C=C(N=NN)C(=C1)C2C43. The maximum Gasteiger partial charge on any atom is 0.0915 e. The molecule has 5 aliphatic carbocycles. The molecule has 39 heavy (non-hydrogen) atoms. The van der Waals surface area contributed by atoms with E-state index < -0.39 is 0 Å². The molecule has 1 aromatic carbocycles. The van der Waals surface area contributed by atoms with Crippen molar-refractivity contribution in [3.63, 3.8) is 0 Å². The molecular formula is C35H38N4. The lowest BCUT2D eigenvalue weighted by Gasteiger charge is -2.69. The van der Waals surface area contributed by atoms with Crippen molar-refractivity contribution in [2.45, 2.75) is 65.5 Å². The molecule has 0 bridgehead atoms. The topological polar surface area (TPSA) is 54.0 Å². The van der Waals surface area contributed by atoms with Crippen LogP contribution < -0.4 is 10.7 Å². The number of hydrogen-bond donors (Lipinski definition) is 1. The zero-order valence-corrected chi connectivity index (χ0v) is 23.7. The maximum atomic E-state index is 5.53. The van der Waals surface area contributed by atoms with Crippen LogP contribution in [0, 0.1) is 17.3 Å². The minimum Gasteiger partial charge on any atom is -0.358 e. The predicted molar refractivity (Wildman–Crippen MR) is 160 cm³/mol. The van der Waals surface area contributed by atoms with Crippen molar-refractivity contribution in [1.82, 2.24) is 0 Å². The van der Waals surface area contributed by atoms with Crippen LogP contribution in [-0.2, 0) is 0 Å². The van der Waals surface area contributed by atoms with E-state index >= 15 is 0 Å². The normalized spacial score (nSPS) is 31.8. The van der Waals surface area contributed by atoms with Crippen LogP contribution in [0.1, 0.15) is 53.9 Å². The second-order valence-corrected chi connectivity index (χ2v) is 12.8. The van der Waals surface area contributed by atoms with Crippen LogP contribution >= 0.6 is 0 Å². The summed E-state index contributed by atoms with van der Waals surface area (Å²) >= 11 is 0. The second kappa shape index (κ2) is 8.42. The van der Waals surface area contributed by atoms with Gasteiger partial charge >= 0.3 is 0 Å². The first-order valence-corrected chi connectivity index (χ1v) is 14.4. The van der Waals surface area contributed by atoms with E-state index in [1.165, 1.54) is 44.7 Å². The summed E-state index contributed by atoms with van der Waals surface area (Å²) in [4.78, 5) is 2.72. The molecule has 0 saturated carbocycles. The van der Waals surface area contributed by atoms with Gasteiger partial charge in [-0.3, -0.25) is 0 Å². The molecule has 7 rings (SSSR count). The molecule has 1 fully saturated rings. The number of anilines is 1. The van der Waals surface area contributed by atoms with Gasteiger partial charge in [0, 0.05) is 29.0 Å². The lowest BCUT2D eigenvalue weighted by Crippen LogP contribution is -2.77. The zero-order valence-electron chi connectivity index (χ0n) is 23.7. The number of rotatable bonds is 6. The van der Waals surface area contributed by atoms with Crippen LogP contribution in [0.3, 0.4) is 0 Å². The number of para-hydroxylation sites is 1. The largest absolute Gasteiger partial charge is 0.358 e. The van der Waals surface area contributed by atoms with Crippen LogP contribution in [0.2, 0.25) is 0 Å². The lowest BCUT2D eigenvalue weighted by molar-refractivity contribution is 0.0420. The summed E-state index contributed by atoms with van der Waals surface area (Å²) in [6.07, 6.45) is 19.9. The first-order chi connectivity index (χ1) is 18.7. The standard InChI is InChI=1S/C35H38N4/c1-21-16-25-20-30(37-38-36)29-18-22(2)15-24-19-23(28(17-21)32(25)33(24)29)11-14-31-34(3,4)35(5,26-12-13-26)39(31)27-9-7-6-8-10-27/h6-10,12,15-20,31-33H,11,13-14H2,1-5H3,(H2,36,37). The third kappa shape index (κ3) is 3.43. The summed E-state index contributed by atoms with van der Waals surface area (Å²) in [5.41, 5.74) is 13.6. The van der Waals surface area contributed by atoms with Crippen molar-refractivity contribution in [2.75, 3.05) is 4.90 Å². The van der Waals surface area contributed by atoms with Gasteiger partial charge in [-0.05, 0) is 91.7 Å². The first-order valence-electron chi connectivity index (χ1n) is 14.4. The Bertz CT molecular complexity index is 1550. The Morgan fingerprint density at radius 3 is 2.33 bits per heavy atom. The molecular weight excluding hydrogens is 476 g/mol. The number of allylic oxidation sites excluding steroid dienone is 14. The highest BCUT2D eigenvalue weighted by atomic mass is 15.3. The van der Waals surface area contributed by atoms with Gasteiger partial charge in [0.2, 0.25) is 0 Å². The third-order valence-corrected chi connectivity index (χ3v) is 10.4. The molecule has 4 atom stereocenters. The Morgan fingerprint density at radius 2 is 1.62 bits per heavy atom. The van der Waals surface area contributed by atoms with E-state index in [2.05, 4.69) is 123 Å². The van der Waals surface area contributed by atoms with Crippen molar-refractivity contribution >= 4 is 5.69 Å². The van der Waals surface area contributed by atoms with E-state index in [4.69, 9.17) is 5.84 Å². The Morgan fingerprint density at radius 1 is 0.897 bits per heavy atom. The summed E-state index contributed by atoms with van der Waals surface area (Å²) in [5, 5.41) is 8.00. The van der Waals surface area contributed by atoms with E-state index in [0.717, 1.165) is 25.0 Å². The summed E-state index contributed by atoms with van der Waals surface area (Å²) in [6, 6.07) is 11.5. The summed E-state index contributed by atoms with van der Waals surface area (Å²) in [5.74, 6) is 6.13. The molecule has 4 unspecified atom stereocenters. The van der Waals surface area contributed by atoms with Gasteiger partial charge in [-0.1, -0.05) is 84.9 Å². The van der Waals surface area contributed by atoms with Crippen molar-refractivity contribution < 1.29 is 0 Å². The van der Waals surface area contributed by atoms with E-state index in [9.17, 15) is 0 Å². The molecule has 4 nitrogen and oxygen atoms in total. The minimum atomic E-state index is 0.0786. The van der Waals surface area contributed by atoms with E-state index in [1.54, 1.807) is 5.57 Å². The lowest BCUT2D eigenvalue weighted by atomic mass is 9.55. The van der Waals surface area contributed by atoms with Gasteiger partial charge in [0.05, 0.1) is 11.2 Å². The Kier molecular flexibility index (Phi) is 5.26. The fraction of sp³-hybridized carbons (Fsp3) is 0.371. The van der Waals surface area contributed by atoms with Gasteiger partial charge in [-0.25, -0.2) is 0 Å². The summed E-state index contributed by atoms with van der Waals surface area (Å²) in [7, 11) is 0. The highest BCUT2D eigenvalue weighted by molar-refractivity contribution is 5.67. The monoisotopic (exact) mass is 514 g/mol. The third-order valence-electron chi connectivity index (χ3n) is 10.4. The van der Waals surface area contributed by atoms with Gasteiger partial charge in [-0.2, -0.15) is 0 Å². The fourth-order valence-corrected chi connectivity index (χ4v) is 8.27. The van der Waals surface area contributed by atoms with Crippen LogP contribution in [0.4, 0.5) is 5.69 Å².